The number of aromatic amines is 1. The molecule has 0 aliphatic rings. The van der Waals surface area contributed by atoms with Crippen LogP contribution in [0.3, 0.4) is 0 Å². The van der Waals surface area contributed by atoms with Gasteiger partial charge in [0, 0.05) is 12.3 Å². The lowest BCUT2D eigenvalue weighted by Crippen LogP contribution is -1.98. The van der Waals surface area contributed by atoms with Crippen LogP contribution in [0.5, 0.6) is 0 Å². The van der Waals surface area contributed by atoms with E-state index in [0.29, 0.717) is 28.7 Å². The summed E-state index contributed by atoms with van der Waals surface area (Å²) in [7, 11) is 0. The van der Waals surface area contributed by atoms with Crippen LogP contribution in [0.15, 0.2) is 35.0 Å². The highest BCUT2D eigenvalue weighted by Crippen LogP contribution is 2.32. The fraction of sp³-hybridized carbons (Fsp3) is 0.143. The van der Waals surface area contributed by atoms with Crippen LogP contribution >= 0.6 is 0 Å². The maximum absolute atomic E-state index is 7.29. The molecule has 4 rings (SSSR count). The fourth-order valence-electron chi connectivity index (χ4n) is 2.33. The van der Waals surface area contributed by atoms with Crippen molar-refractivity contribution in [2.75, 3.05) is 0 Å². The number of aromatic nitrogens is 8. The average molecular weight is 333 g/mol. The van der Waals surface area contributed by atoms with Gasteiger partial charge in [-0.1, -0.05) is 0 Å². The van der Waals surface area contributed by atoms with Crippen LogP contribution in [0.25, 0.3) is 16.3 Å². The van der Waals surface area contributed by atoms with Crippen molar-refractivity contribution in [2.45, 2.75) is 13.8 Å². The molecule has 0 saturated carbocycles. The van der Waals surface area contributed by atoms with E-state index in [1.807, 2.05) is 13.8 Å². The summed E-state index contributed by atoms with van der Waals surface area (Å²) >= 11 is 0. The van der Waals surface area contributed by atoms with E-state index in [1.54, 1.807) is 12.3 Å². The number of hydrogen-bond donors (Lipinski definition) is 1. The third kappa shape index (κ3) is 2.41. The standard InChI is InChI=1S/C14H11N11/c1-8-12(14-19-9(2)23-25(14)22-8)20-21-13-10(15-3)6-18-24(13)11-4-5-16-7-17-11/h4-7H,1-2H3,(H,19,23)/b21-20+. The maximum atomic E-state index is 7.29. The molecule has 4 aromatic rings. The van der Waals surface area contributed by atoms with Gasteiger partial charge in [0.15, 0.2) is 23.0 Å². The minimum Gasteiger partial charge on any atom is -0.324 e. The Morgan fingerprint density at radius 3 is 2.88 bits per heavy atom. The highest BCUT2D eigenvalue weighted by atomic mass is 15.5. The third-order valence-corrected chi connectivity index (χ3v) is 3.43. The zero-order valence-corrected chi connectivity index (χ0v) is 13.3. The average Bonchev–Trinajstić information content (AvgIpc) is 3.26. The van der Waals surface area contributed by atoms with Crippen LogP contribution in [-0.4, -0.2) is 39.6 Å². The van der Waals surface area contributed by atoms with E-state index in [0.717, 1.165) is 0 Å². The Balaban J connectivity index is 1.82. The van der Waals surface area contributed by atoms with E-state index < -0.39 is 0 Å². The molecule has 122 valence electrons. The molecule has 0 aliphatic heterocycles. The highest BCUT2D eigenvalue weighted by molar-refractivity contribution is 5.67. The molecule has 11 nitrogen and oxygen atoms in total. The second kappa shape index (κ2) is 5.60. The van der Waals surface area contributed by atoms with Gasteiger partial charge in [-0.05, 0) is 13.8 Å². The molecule has 25 heavy (non-hydrogen) atoms. The minimum absolute atomic E-state index is 0.268. The van der Waals surface area contributed by atoms with Crippen LogP contribution in [0.1, 0.15) is 11.5 Å². The van der Waals surface area contributed by atoms with Gasteiger partial charge in [0.1, 0.15) is 12.2 Å². The van der Waals surface area contributed by atoms with Gasteiger partial charge in [-0.3, -0.25) is 0 Å². The van der Waals surface area contributed by atoms with Gasteiger partial charge in [0.05, 0.1) is 18.5 Å². The first-order valence-corrected chi connectivity index (χ1v) is 7.23. The normalized spacial score (nSPS) is 11.4. The first-order valence-electron chi connectivity index (χ1n) is 7.23. The second-order valence-corrected chi connectivity index (χ2v) is 5.13. The van der Waals surface area contributed by atoms with E-state index in [2.05, 4.69) is 45.3 Å². The van der Waals surface area contributed by atoms with E-state index in [4.69, 9.17) is 6.57 Å². The molecule has 4 aromatic heterocycles. The van der Waals surface area contributed by atoms with E-state index in [-0.39, 0.29) is 11.5 Å². The highest BCUT2D eigenvalue weighted by Gasteiger charge is 2.15. The molecule has 4 heterocycles. The Morgan fingerprint density at radius 1 is 1.24 bits per heavy atom. The van der Waals surface area contributed by atoms with Crippen molar-refractivity contribution < 1.29 is 0 Å². The van der Waals surface area contributed by atoms with Gasteiger partial charge in [0.25, 0.3) is 5.69 Å². The van der Waals surface area contributed by atoms with Crippen molar-refractivity contribution in [3.63, 3.8) is 0 Å². The van der Waals surface area contributed by atoms with Crippen molar-refractivity contribution in [3.8, 4) is 5.82 Å². The Morgan fingerprint density at radius 2 is 2.12 bits per heavy atom. The summed E-state index contributed by atoms with van der Waals surface area (Å²) in [6, 6.07) is 1.67. The summed E-state index contributed by atoms with van der Waals surface area (Å²) in [5.41, 5.74) is 2.12. The van der Waals surface area contributed by atoms with Crippen LogP contribution in [0.4, 0.5) is 17.2 Å². The topological polar surface area (TPSA) is 119 Å². The number of azo groups is 1. The summed E-state index contributed by atoms with van der Waals surface area (Å²) in [4.78, 5) is 14.5. The Hall–Kier alpha value is -3.94. The monoisotopic (exact) mass is 333 g/mol. The number of rotatable bonds is 3. The van der Waals surface area contributed by atoms with Crippen molar-refractivity contribution in [1.29, 1.82) is 0 Å². The minimum atomic E-state index is 0.268. The van der Waals surface area contributed by atoms with E-state index in [1.165, 1.54) is 21.8 Å². The zero-order valence-electron chi connectivity index (χ0n) is 13.3. The predicted molar refractivity (Wildman–Crippen MR) is 86.4 cm³/mol. The Bertz CT molecular complexity index is 1120. The first-order chi connectivity index (χ1) is 12.2. The smallest absolute Gasteiger partial charge is 0.252 e. The van der Waals surface area contributed by atoms with Gasteiger partial charge >= 0.3 is 0 Å². The van der Waals surface area contributed by atoms with Gasteiger partial charge in [-0.15, -0.1) is 20.0 Å². The van der Waals surface area contributed by atoms with Crippen LogP contribution < -0.4 is 0 Å². The maximum Gasteiger partial charge on any atom is 0.252 e. The molecule has 0 spiro atoms. The van der Waals surface area contributed by atoms with Gasteiger partial charge < -0.3 is 4.98 Å². The third-order valence-electron chi connectivity index (χ3n) is 3.43. The molecule has 0 saturated heterocycles. The number of nitrogens with one attached hydrogen (secondary N) is 1. The fourth-order valence-corrected chi connectivity index (χ4v) is 2.33. The molecule has 0 fully saturated rings. The molecule has 0 aromatic carbocycles. The SMILES string of the molecule is [C-]#[N+]c1cnn(-c2ccncn2)c1/N=N/c1c(C)nn2nc(C)[nH]c12. The van der Waals surface area contributed by atoms with Gasteiger partial charge in [-0.2, -0.15) is 10.2 Å². The quantitative estimate of drug-likeness (QED) is 0.456. The van der Waals surface area contributed by atoms with E-state index in [9.17, 15) is 0 Å². The summed E-state index contributed by atoms with van der Waals surface area (Å²) < 4.78 is 2.91. The van der Waals surface area contributed by atoms with E-state index >= 15 is 0 Å². The van der Waals surface area contributed by atoms with Gasteiger partial charge in [0.2, 0.25) is 0 Å². The van der Waals surface area contributed by atoms with Crippen LogP contribution in [-0.2, 0) is 0 Å². The molecule has 0 amide bonds. The lowest BCUT2D eigenvalue weighted by atomic mass is 10.4. The lowest BCUT2D eigenvalue weighted by molar-refractivity contribution is 0.793. The predicted octanol–water partition coefficient (Wildman–Crippen LogP) is 2.62. The molecule has 0 unspecified atom stereocenters. The number of nitrogens with zero attached hydrogens (tertiary/aromatic N) is 10. The van der Waals surface area contributed by atoms with Crippen molar-refractivity contribution in [1.82, 2.24) is 39.6 Å². The summed E-state index contributed by atoms with van der Waals surface area (Å²) in [6.07, 6.45) is 4.40. The molecule has 0 aliphatic carbocycles. The zero-order chi connectivity index (χ0) is 17.4. The second-order valence-electron chi connectivity index (χ2n) is 5.13. The molecular weight excluding hydrogens is 322 g/mol. The summed E-state index contributed by atoms with van der Waals surface area (Å²) in [5, 5.41) is 21.1. The largest absolute Gasteiger partial charge is 0.324 e. The lowest BCUT2D eigenvalue weighted by Gasteiger charge is -2.01. The molecule has 11 heteroatoms. The first kappa shape index (κ1) is 14.6. The van der Waals surface area contributed by atoms with Crippen molar-refractivity contribution in [2.24, 2.45) is 10.2 Å². The summed E-state index contributed by atoms with van der Waals surface area (Å²) in [6.45, 7) is 10.9. The van der Waals surface area contributed by atoms with Crippen LogP contribution in [0.2, 0.25) is 0 Å². The van der Waals surface area contributed by atoms with Crippen molar-refractivity contribution in [3.05, 3.63) is 47.7 Å². The van der Waals surface area contributed by atoms with Gasteiger partial charge in [-0.25, -0.2) is 19.5 Å². The Labute approximate surface area is 140 Å². The molecule has 0 radical (unpaired) electrons. The van der Waals surface area contributed by atoms with Crippen molar-refractivity contribution >= 4 is 22.8 Å². The Kier molecular flexibility index (Phi) is 3.28. The molecule has 0 atom stereocenters. The number of fused-ring (bicyclic) bond motifs is 1. The molecule has 1 N–H and O–H groups in total. The number of aryl methyl sites for hydroxylation is 2. The number of hydrogen-bond acceptors (Lipinski definition) is 7. The molecule has 0 bridgehead atoms. The molecular formula is C14H11N11. The summed E-state index contributed by atoms with van der Waals surface area (Å²) in [5.74, 6) is 1.49. The van der Waals surface area contributed by atoms with Crippen LogP contribution in [0, 0.1) is 20.4 Å². The number of H-pyrrole nitrogens is 1.